The summed E-state index contributed by atoms with van der Waals surface area (Å²) < 4.78 is 0. The van der Waals surface area contributed by atoms with E-state index in [1.165, 1.54) is 0 Å². The average molecular weight is 281 g/mol. The summed E-state index contributed by atoms with van der Waals surface area (Å²) in [6, 6.07) is 5.84. The van der Waals surface area contributed by atoms with Crippen molar-refractivity contribution in [3.05, 3.63) is 34.5 Å². The second-order valence-electron chi connectivity index (χ2n) is 5.98. The molecule has 0 radical (unpaired) electrons. The van der Waals surface area contributed by atoms with E-state index in [4.69, 9.17) is 11.6 Å². The number of fused-ring (bicyclic) bond motifs is 1. The Balaban J connectivity index is 2.34. The number of aryl methyl sites for hydroxylation is 1. The van der Waals surface area contributed by atoms with Crippen molar-refractivity contribution in [2.45, 2.75) is 39.3 Å². The normalized spacial score (nSPS) is 14.0. The summed E-state index contributed by atoms with van der Waals surface area (Å²) in [4.78, 5) is 3.23. The van der Waals surface area contributed by atoms with Crippen LogP contribution in [0.5, 0.6) is 0 Å². The summed E-state index contributed by atoms with van der Waals surface area (Å²) in [6.45, 7) is 8.67. The van der Waals surface area contributed by atoms with Gasteiger partial charge in [-0.25, -0.2) is 0 Å². The highest BCUT2D eigenvalue weighted by Gasteiger charge is 2.18. The molecule has 3 N–H and O–H groups in total. The van der Waals surface area contributed by atoms with Gasteiger partial charge in [0.25, 0.3) is 0 Å². The first-order chi connectivity index (χ1) is 8.79. The van der Waals surface area contributed by atoms with Crippen LogP contribution in [-0.4, -0.2) is 22.2 Å². The van der Waals surface area contributed by atoms with E-state index in [-0.39, 0.29) is 5.54 Å². The van der Waals surface area contributed by atoms with Gasteiger partial charge in [0.1, 0.15) is 0 Å². The van der Waals surface area contributed by atoms with E-state index >= 15 is 0 Å². The van der Waals surface area contributed by atoms with E-state index < -0.39 is 6.10 Å². The van der Waals surface area contributed by atoms with Gasteiger partial charge in [-0.05, 0) is 39.3 Å². The molecule has 0 aliphatic carbocycles. The van der Waals surface area contributed by atoms with Crippen LogP contribution in [0.2, 0.25) is 5.02 Å². The summed E-state index contributed by atoms with van der Waals surface area (Å²) >= 11 is 6.32. The zero-order chi connectivity index (χ0) is 14.2. The van der Waals surface area contributed by atoms with E-state index in [1.54, 1.807) is 0 Å². The van der Waals surface area contributed by atoms with Crippen LogP contribution < -0.4 is 5.32 Å². The molecule has 0 spiro atoms. The van der Waals surface area contributed by atoms with Crippen molar-refractivity contribution < 1.29 is 5.11 Å². The molecule has 2 rings (SSSR count). The number of H-pyrrole nitrogens is 1. The molecular weight excluding hydrogens is 260 g/mol. The number of benzene rings is 1. The maximum Gasteiger partial charge on any atom is 0.0921 e. The quantitative estimate of drug-likeness (QED) is 0.805. The van der Waals surface area contributed by atoms with Crippen LogP contribution >= 0.6 is 11.6 Å². The Morgan fingerprint density at radius 2 is 2.05 bits per heavy atom. The Morgan fingerprint density at radius 1 is 1.37 bits per heavy atom. The number of rotatable bonds is 3. The highest BCUT2D eigenvalue weighted by atomic mass is 35.5. The predicted molar refractivity (Wildman–Crippen MR) is 80.8 cm³/mol. The zero-order valence-electron chi connectivity index (χ0n) is 11.8. The van der Waals surface area contributed by atoms with E-state index in [9.17, 15) is 5.11 Å². The molecule has 0 bridgehead atoms. The lowest BCUT2D eigenvalue weighted by Crippen LogP contribution is -2.38. The second kappa shape index (κ2) is 5.16. The second-order valence-corrected chi connectivity index (χ2v) is 6.36. The summed E-state index contributed by atoms with van der Waals surface area (Å²) in [5, 5.41) is 15.3. The van der Waals surface area contributed by atoms with Gasteiger partial charge in [-0.2, -0.15) is 0 Å². The number of hydrogen-bond donors (Lipinski definition) is 3. The van der Waals surface area contributed by atoms with Gasteiger partial charge in [0.2, 0.25) is 0 Å². The minimum atomic E-state index is -0.573. The van der Waals surface area contributed by atoms with Crippen LogP contribution in [0, 0.1) is 6.92 Å². The highest BCUT2D eigenvalue weighted by molar-refractivity contribution is 6.36. The molecule has 104 valence electrons. The molecule has 3 nitrogen and oxygen atoms in total. The highest BCUT2D eigenvalue weighted by Crippen LogP contribution is 2.32. The molecule has 0 amide bonds. The van der Waals surface area contributed by atoms with E-state index in [1.807, 2.05) is 25.1 Å². The number of halogens is 1. The molecule has 1 aromatic heterocycles. The lowest BCUT2D eigenvalue weighted by atomic mass is 10.0. The number of aromatic amines is 1. The minimum Gasteiger partial charge on any atom is -0.387 e. The third-order valence-electron chi connectivity index (χ3n) is 3.15. The van der Waals surface area contributed by atoms with Gasteiger partial charge in [-0.15, -0.1) is 0 Å². The fraction of sp³-hybridized carbons (Fsp3) is 0.467. The lowest BCUT2D eigenvalue weighted by molar-refractivity contribution is 0.164. The number of aliphatic hydroxyl groups excluding tert-OH is 1. The van der Waals surface area contributed by atoms with E-state index in [2.05, 4.69) is 31.1 Å². The third kappa shape index (κ3) is 3.11. The zero-order valence-corrected chi connectivity index (χ0v) is 12.6. The van der Waals surface area contributed by atoms with E-state index in [0.717, 1.165) is 22.2 Å². The number of aliphatic hydroxyl groups is 1. The van der Waals surface area contributed by atoms with Crippen molar-refractivity contribution in [3.8, 4) is 0 Å². The van der Waals surface area contributed by atoms with Crippen LogP contribution in [0.15, 0.2) is 18.2 Å². The number of nitrogens with one attached hydrogen (secondary N) is 2. The van der Waals surface area contributed by atoms with Gasteiger partial charge in [0.05, 0.1) is 11.1 Å². The monoisotopic (exact) mass is 280 g/mol. The number of hydrogen-bond acceptors (Lipinski definition) is 2. The van der Waals surface area contributed by atoms with Gasteiger partial charge < -0.3 is 15.4 Å². The standard InChI is InChI=1S/C15H21ClN2O/c1-9-14(16)13-10(6-5-7-11(13)18-9)12(19)8-17-15(2,3)4/h5-7,12,17-19H,8H2,1-4H3/t12-/m0/s1. The minimum absolute atomic E-state index is 0.0211. The maximum atomic E-state index is 10.4. The van der Waals surface area contributed by atoms with Gasteiger partial charge in [-0.3, -0.25) is 0 Å². The average Bonchev–Trinajstić information content (AvgIpc) is 2.61. The first-order valence-electron chi connectivity index (χ1n) is 6.49. The molecule has 2 aromatic rings. The summed E-state index contributed by atoms with van der Waals surface area (Å²) in [6.07, 6.45) is -0.573. The van der Waals surface area contributed by atoms with Gasteiger partial charge in [0, 0.05) is 28.7 Å². The van der Waals surface area contributed by atoms with Gasteiger partial charge in [0.15, 0.2) is 0 Å². The van der Waals surface area contributed by atoms with Gasteiger partial charge >= 0.3 is 0 Å². The van der Waals surface area contributed by atoms with Crippen LogP contribution in [0.1, 0.15) is 38.1 Å². The summed E-state index contributed by atoms with van der Waals surface area (Å²) in [5.74, 6) is 0. The molecule has 0 saturated carbocycles. The molecule has 1 aromatic carbocycles. The van der Waals surface area contributed by atoms with Crippen molar-refractivity contribution in [3.63, 3.8) is 0 Å². The molecule has 4 heteroatoms. The Bertz CT molecular complexity index is 584. The Kier molecular flexibility index (Phi) is 3.90. The fourth-order valence-electron chi connectivity index (χ4n) is 2.15. The van der Waals surface area contributed by atoms with Crippen LogP contribution in [0.25, 0.3) is 10.9 Å². The SMILES string of the molecule is Cc1[nH]c2cccc([C@@H](O)CNC(C)(C)C)c2c1Cl. The third-order valence-corrected chi connectivity index (χ3v) is 3.62. The molecular formula is C15H21ClN2O. The largest absolute Gasteiger partial charge is 0.387 e. The Labute approximate surface area is 119 Å². The smallest absolute Gasteiger partial charge is 0.0921 e. The van der Waals surface area contributed by atoms with Crippen LogP contribution in [0.3, 0.4) is 0 Å². The van der Waals surface area contributed by atoms with Crippen molar-refractivity contribution in [2.75, 3.05) is 6.54 Å². The van der Waals surface area contributed by atoms with Crippen molar-refractivity contribution in [1.82, 2.24) is 10.3 Å². The first-order valence-corrected chi connectivity index (χ1v) is 6.87. The molecule has 0 aliphatic rings. The first kappa shape index (κ1) is 14.4. The van der Waals surface area contributed by atoms with Crippen molar-refractivity contribution >= 4 is 22.5 Å². The molecule has 19 heavy (non-hydrogen) atoms. The molecule has 1 heterocycles. The fourth-order valence-corrected chi connectivity index (χ4v) is 2.41. The van der Waals surface area contributed by atoms with Crippen molar-refractivity contribution in [1.29, 1.82) is 0 Å². The van der Waals surface area contributed by atoms with E-state index in [0.29, 0.717) is 11.6 Å². The predicted octanol–water partition coefficient (Wildman–Crippen LogP) is 3.55. The topological polar surface area (TPSA) is 48.0 Å². The van der Waals surface area contributed by atoms with Gasteiger partial charge in [-0.1, -0.05) is 23.7 Å². The van der Waals surface area contributed by atoms with Crippen LogP contribution in [0.4, 0.5) is 0 Å². The molecule has 1 atom stereocenters. The molecule has 0 fully saturated rings. The molecule has 0 unspecified atom stereocenters. The summed E-state index contributed by atoms with van der Waals surface area (Å²) in [7, 11) is 0. The summed E-state index contributed by atoms with van der Waals surface area (Å²) in [5.41, 5.74) is 2.74. The van der Waals surface area contributed by atoms with Crippen LogP contribution in [-0.2, 0) is 0 Å². The number of β-amino-alcohol motifs (C(OH)–C–C–N with tert-alkyl or cyclic N) is 1. The Morgan fingerprint density at radius 3 is 2.68 bits per heavy atom. The molecule has 0 aliphatic heterocycles. The maximum absolute atomic E-state index is 10.4. The number of aromatic nitrogens is 1. The van der Waals surface area contributed by atoms with Crippen molar-refractivity contribution in [2.24, 2.45) is 0 Å². The molecule has 0 saturated heterocycles. The lowest BCUT2D eigenvalue weighted by Gasteiger charge is -2.23. The Hall–Kier alpha value is -1.03.